The molecule has 3 heterocycles. The van der Waals surface area contributed by atoms with Gasteiger partial charge in [0, 0.05) is 31.7 Å². The van der Waals surface area contributed by atoms with Crippen molar-refractivity contribution in [2.45, 2.75) is 38.2 Å². The Hall–Kier alpha value is -1.95. The number of hydrogen-bond acceptors (Lipinski definition) is 4. The molecule has 2 aliphatic heterocycles. The van der Waals surface area contributed by atoms with Crippen molar-refractivity contribution in [1.29, 1.82) is 0 Å². The molecule has 128 valence electrons. The summed E-state index contributed by atoms with van der Waals surface area (Å²) < 4.78 is 0. The number of nitrogens with zero attached hydrogens (tertiary/aromatic N) is 3. The number of aliphatic hydroxyl groups excluding tert-OH is 1. The van der Waals surface area contributed by atoms with Crippen LogP contribution in [-0.4, -0.2) is 52.5 Å². The fourth-order valence-corrected chi connectivity index (χ4v) is 4.33. The maximum Gasteiger partial charge on any atom is 0.235 e. The maximum atomic E-state index is 13.1. The van der Waals surface area contributed by atoms with Crippen LogP contribution in [0.15, 0.2) is 24.5 Å². The van der Waals surface area contributed by atoms with Gasteiger partial charge in [-0.1, -0.05) is 0 Å². The van der Waals surface area contributed by atoms with Crippen LogP contribution >= 0.6 is 0 Å². The predicted octanol–water partition coefficient (Wildman–Crippen LogP) is 1.20. The van der Waals surface area contributed by atoms with Gasteiger partial charge in [0.1, 0.15) is 0 Å². The number of amides is 2. The lowest BCUT2D eigenvalue weighted by atomic mass is 9.76. The van der Waals surface area contributed by atoms with E-state index in [4.69, 9.17) is 0 Å². The van der Waals surface area contributed by atoms with Crippen LogP contribution in [0.2, 0.25) is 0 Å². The number of carbonyl (C=O) groups excluding carboxylic acids is 2. The summed E-state index contributed by atoms with van der Waals surface area (Å²) in [6.07, 6.45) is 6.74. The summed E-state index contributed by atoms with van der Waals surface area (Å²) in [5.41, 5.74) is 0.400. The van der Waals surface area contributed by atoms with E-state index in [1.165, 1.54) is 0 Å². The van der Waals surface area contributed by atoms with Gasteiger partial charge in [0.05, 0.1) is 23.4 Å². The molecule has 1 saturated carbocycles. The second-order valence-corrected chi connectivity index (χ2v) is 7.38. The summed E-state index contributed by atoms with van der Waals surface area (Å²) in [7, 11) is 0. The van der Waals surface area contributed by atoms with Gasteiger partial charge in [-0.15, -0.1) is 0 Å². The summed E-state index contributed by atoms with van der Waals surface area (Å²) >= 11 is 0. The molecule has 0 radical (unpaired) electrons. The fourth-order valence-electron chi connectivity index (χ4n) is 4.33. The first-order chi connectivity index (χ1) is 11.6. The second-order valence-electron chi connectivity index (χ2n) is 7.38. The Morgan fingerprint density at radius 2 is 2.12 bits per heavy atom. The van der Waals surface area contributed by atoms with Crippen molar-refractivity contribution in [3.8, 4) is 0 Å². The number of rotatable bonds is 2. The van der Waals surface area contributed by atoms with E-state index in [1.54, 1.807) is 12.4 Å². The Balaban J connectivity index is 1.49. The molecule has 1 aromatic heterocycles. The molecule has 1 N–H and O–H groups in total. The van der Waals surface area contributed by atoms with Gasteiger partial charge in [-0.05, 0) is 44.2 Å². The van der Waals surface area contributed by atoms with Crippen LogP contribution in [0, 0.1) is 11.3 Å². The molecule has 0 unspecified atom stereocenters. The van der Waals surface area contributed by atoms with Gasteiger partial charge in [0.25, 0.3) is 0 Å². The Labute approximate surface area is 141 Å². The molecule has 24 heavy (non-hydrogen) atoms. The van der Waals surface area contributed by atoms with Gasteiger partial charge in [-0.2, -0.15) is 0 Å². The molecule has 1 aromatic rings. The van der Waals surface area contributed by atoms with Crippen LogP contribution in [-0.2, 0) is 9.59 Å². The van der Waals surface area contributed by atoms with Gasteiger partial charge in [0.2, 0.25) is 11.8 Å². The number of hydrogen-bond donors (Lipinski definition) is 1. The van der Waals surface area contributed by atoms with Crippen LogP contribution in [0.3, 0.4) is 0 Å². The Kier molecular flexibility index (Phi) is 3.79. The van der Waals surface area contributed by atoms with Crippen LogP contribution in [0.4, 0.5) is 5.69 Å². The van der Waals surface area contributed by atoms with Gasteiger partial charge in [-0.25, -0.2) is 0 Å². The molecule has 0 bridgehead atoms. The van der Waals surface area contributed by atoms with Crippen molar-refractivity contribution in [3.63, 3.8) is 0 Å². The molecule has 1 aliphatic carbocycles. The number of piperidine rings is 1. The van der Waals surface area contributed by atoms with Crippen molar-refractivity contribution < 1.29 is 14.7 Å². The molecule has 3 fully saturated rings. The highest BCUT2D eigenvalue weighted by Gasteiger charge is 2.51. The van der Waals surface area contributed by atoms with E-state index in [1.807, 2.05) is 21.9 Å². The highest BCUT2D eigenvalue weighted by molar-refractivity contribution is 6.00. The first kappa shape index (κ1) is 15.6. The van der Waals surface area contributed by atoms with Gasteiger partial charge >= 0.3 is 0 Å². The molecule has 4 rings (SSSR count). The molecule has 1 spiro atoms. The van der Waals surface area contributed by atoms with Crippen molar-refractivity contribution >= 4 is 17.5 Å². The van der Waals surface area contributed by atoms with Crippen molar-refractivity contribution in [1.82, 2.24) is 9.88 Å². The molecular formula is C18H23N3O3. The highest BCUT2D eigenvalue weighted by atomic mass is 16.3. The molecule has 2 amide bonds. The normalized spacial score (nSPS) is 33.0. The summed E-state index contributed by atoms with van der Waals surface area (Å²) in [6.45, 7) is 1.94. The lowest BCUT2D eigenvalue weighted by Gasteiger charge is -2.42. The first-order valence-electron chi connectivity index (χ1n) is 8.78. The topological polar surface area (TPSA) is 73.7 Å². The molecule has 3 aliphatic rings. The predicted molar refractivity (Wildman–Crippen MR) is 88.2 cm³/mol. The summed E-state index contributed by atoms with van der Waals surface area (Å²) in [6, 6.07) is 3.75. The van der Waals surface area contributed by atoms with E-state index < -0.39 is 5.41 Å². The second kappa shape index (κ2) is 5.84. The monoisotopic (exact) mass is 329 g/mol. The zero-order chi connectivity index (χ0) is 16.7. The van der Waals surface area contributed by atoms with E-state index in [9.17, 15) is 14.7 Å². The van der Waals surface area contributed by atoms with E-state index in [0.717, 1.165) is 31.5 Å². The quantitative estimate of drug-likeness (QED) is 0.885. The standard InChI is InChI=1S/C18H23N3O3/c22-15-9-13(10-15)16(23)20-7-2-4-18(12-20)5-8-21(17(18)24)14-3-1-6-19-11-14/h1,3,6,11,13,15,22H,2,4-5,7-10,12H2/t13?,15?,18-/m0/s1. The highest BCUT2D eigenvalue weighted by Crippen LogP contribution is 2.42. The van der Waals surface area contributed by atoms with Gasteiger partial charge in [-0.3, -0.25) is 14.6 Å². The minimum absolute atomic E-state index is 0.0546. The summed E-state index contributed by atoms with van der Waals surface area (Å²) in [5.74, 6) is 0.190. The van der Waals surface area contributed by atoms with Gasteiger partial charge in [0.15, 0.2) is 0 Å². The lowest BCUT2D eigenvalue weighted by Crippen LogP contribution is -2.53. The van der Waals surface area contributed by atoms with Crippen molar-refractivity contribution in [2.75, 3.05) is 24.5 Å². The summed E-state index contributed by atoms with van der Waals surface area (Å²) in [5, 5.41) is 9.44. The van der Waals surface area contributed by atoms with Crippen LogP contribution in [0.5, 0.6) is 0 Å². The minimum Gasteiger partial charge on any atom is -0.393 e. The third-order valence-corrected chi connectivity index (χ3v) is 5.82. The van der Waals surface area contributed by atoms with Crippen LogP contribution in [0.1, 0.15) is 32.1 Å². The van der Waals surface area contributed by atoms with E-state index in [-0.39, 0.29) is 23.8 Å². The van der Waals surface area contributed by atoms with Crippen molar-refractivity contribution in [2.24, 2.45) is 11.3 Å². The number of pyridine rings is 1. The van der Waals surface area contributed by atoms with E-state index >= 15 is 0 Å². The zero-order valence-corrected chi connectivity index (χ0v) is 13.7. The van der Waals surface area contributed by atoms with Crippen LogP contribution in [0.25, 0.3) is 0 Å². The average molecular weight is 329 g/mol. The van der Waals surface area contributed by atoms with Gasteiger partial charge < -0.3 is 14.9 Å². The Morgan fingerprint density at radius 3 is 2.83 bits per heavy atom. The number of carbonyl (C=O) groups is 2. The molecule has 6 heteroatoms. The molecule has 1 atom stereocenters. The first-order valence-corrected chi connectivity index (χ1v) is 8.78. The zero-order valence-electron chi connectivity index (χ0n) is 13.7. The third-order valence-electron chi connectivity index (χ3n) is 5.82. The fraction of sp³-hybridized carbons (Fsp3) is 0.611. The Bertz CT molecular complexity index is 644. The Morgan fingerprint density at radius 1 is 1.29 bits per heavy atom. The van der Waals surface area contributed by atoms with E-state index in [0.29, 0.717) is 25.9 Å². The molecule has 0 aromatic carbocycles. The summed E-state index contributed by atoms with van der Waals surface area (Å²) in [4.78, 5) is 33.5. The molecule has 6 nitrogen and oxygen atoms in total. The van der Waals surface area contributed by atoms with Crippen molar-refractivity contribution in [3.05, 3.63) is 24.5 Å². The third kappa shape index (κ3) is 2.49. The van der Waals surface area contributed by atoms with Crippen LogP contribution < -0.4 is 4.90 Å². The van der Waals surface area contributed by atoms with E-state index in [2.05, 4.69) is 4.98 Å². The number of aliphatic hydroxyl groups is 1. The molecule has 2 saturated heterocycles. The minimum atomic E-state index is -0.438. The largest absolute Gasteiger partial charge is 0.393 e. The number of likely N-dealkylation sites (tertiary alicyclic amines) is 1. The lowest BCUT2D eigenvalue weighted by molar-refractivity contribution is -0.147. The number of anilines is 1. The SMILES string of the molecule is O=C(C1CC(O)C1)N1CCC[C@]2(CCN(c3cccnc3)C2=O)C1. The number of aromatic nitrogens is 1. The average Bonchev–Trinajstić information content (AvgIpc) is 2.89. The smallest absolute Gasteiger partial charge is 0.235 e. The maximum absolute atomic E-state index is 13.1. The molecular weight excluding hydrogens is 306 g/mol.